The Bertz CT molecular complexity index is 798. The van der Waals surface area contributed by atoms with Gasteiger partial charge in [-0.15, -0.1) is 0 Å². The zero-order valence-electron chi connectivity index (χ0n) is 15.0. The van der Waals surface area contributed by atoms with Gasteiger partial charge in [-0.3, -0.25) is 9.59 Å². The van der Waals surface area contributed by atoms with Crippen molar-refractivity contribution in [3.8, 4) is 11.5 Å². The Labute approximate surface area is 151 Å². The van der Waals surface area contributed by atoms with Crippen molar-refractivity contribution >= 4 is 11.8 Å². The average Bonchev–Trinajstić information content (AvgIpc) is 3.30. The van der Waals surface area contributed by atoms with Crippen LogP contribution in [0.15, 0.2) is 41.0 Å². The van der Waals surface area contributed by atoms with Crippen LogP contribution in [-0.4, -0.2) is 31.2 Å². The minimum atomic E-state index is -0.680. The van der Waals surface area contributed by atoms with Crippen LogP contribution >= 0.6 is 0 Å². The van der Waals surface area contributed by atoms with E-state index in [1.165, 1.54) is 6.26 Å². The molecule has 1 aliphatic heterocycles. The van der Waals surface area contributed by atoms with Gasteiger partial charge in [-0.2, -0.15) is 0 Å². The Morgan fingerprint density at radius 1 is 1.19 bits per heavy atom. The van der Waals surface area contributed by atoms with Crippen molar-refractivity contribution in [1.82, 2.24) is 10.6 Å². The fourth-order valence-electron chi connectivity index (χ4n) is 2.62. The van der Waals surface area contributed by atoms with Gasteiger partial charge in [0.25, 0.3) is 5.91 Å². The molecule has 7 heteroatoms. The largest absolute Gasteiger partial charge is 0.459 e. The van der Waals surface area contributed by atoms with Crippen LogP contribution in [0, 0.1) is 0 Å². The third-order valence-corrected chi connectivity index (χ3v) is 4.34. The number of benzene rings is 1. The van der Waals surface area contributed by atoms with E-state index in [1.807, 2.05) is 32.0 Å². The summed E-state index contributed by atoms with van der Waals surface area (Å²) in [4.78, 5) is 24.3. The maximum atomic E-state index is 12.3. The molecular weight excluding hydrogens is 336 g/mol. The van der Waals surface area contributed by atoms with Gasteiger partial charge in [-0.1, -0.05) is 19.9 Å². The van der Waals surface area contributed by atoms with Gasteiger partial charge >= 0.3 is 0 Å². The molecule has 2 heterocycles. The zero-order valence-corrected chi connectivity index (χ0v) is 15.0. The van der Waals surface area contributed by atoms with Crippen molar-refractivity contribution in [3.63, 3.8) is 0 Å². The van der Waals surface area contributed by atoms with E-state index in [9.17, 15) is 9.59 Å². The van der Waals surface area contributed by atoms with Crippen molar-refractivity contribution in [1.29, 1.82) is 0 Å². The van der Waals surface area contributed by atoms with Gasteiger partial charge in [-0.05, 0) is 36.8 Å². The number of rotatable bonds is 6. The van der Waals surface area contributed by atoms with Crippen molar-refractivity contribution < 1.29 is 23.5 Å². The standard InChI is InChI=1S/C19H22N2O5/c1-12(21-18(23)15-5-4-8-24-15)17(22)20-10-19(2,3)13-6-7-14-16(9-13)26-11-25-14/h4-9,12H,10-11H2,1-3H3,(H,20,22)(H,21,23)/t12-/m0/s1. The van der Waals surface area contributed by atoms with Gasteiger partial charge in [0.15, 0.2) is 17.3 Å². The van der Waals surface area contributed by atoms with Gasteiger partial charge in [-0.25, -0.2) is 0 Å². The van der Waals surface area contributed by atoms with Gasteiger partial charge in [0.1, 0.15) is 6.04 Å². The highest BCUT2D eigenvalue weighted by atomic mass is 16.7. The van der Waals surface area contributed by atoms with Gasteiger partial charge in [0.2, 0.25) is 12.7 Å². The van der Waals surface area contributed by atoms with Crippen LogP contribution in [0.2, 0.25) is 0 Å². The van der Waals surface area contributed by atoms with E-state index in [-0.39, 0.29) is 23.9 Å². The smallest absolute Gasteiger partial charge is 0.287 e. The highest BCUT2D eigenvalue weighted by molar-refractivity contribution is 5.95. The SMILES string of the molecule is C[C@H](NC(=O)c1ccco1)C(=O)NCC(C)(C)c1ccc2c(c1)OCO2. The molecule has 2 N–H and O–H groups in total. The Morgan fingerprint density at radius 2 is 1.96 bits per heavy atom. The van der Waals surface area contributed by atoms with E-state index in [0.29, 0.717) is 12.3 Å². The van der Waals surface area contributed by atoms with Crippen molar-refractivity contribution in [2.24, 2.45) is 0 Å². The topological polar surface area (TPSA) is 89.8 Å². The third-order valence-electron chi connectivity index (χ3n) is 4.34. The molecule has 0 saturated heterocycles. The maximum absolute atomic E-state index is 12.3. The number of hydrogen-bond donors (Lipinski definition) is 2. The number of amides is 2. The van der Waals surface area contributed by atoms with E-state index in [1.54, 1.807) is 19.1 Å². The molecule has 2 aromatic rings. The second-order valence-electron chi connectivity index (χ2n) is 6.84. The second-order valence-corrected chi connectivity index (χ2v) is 6.84. The summed E-state index contributed by atoms with van der Waals surface area (Å²) in [5, 5.41) is 5.49. The molecule has 1 aliphatic rings. The number of carbonyl (C=O) groups excluding carboxylic acids is 2. The first-order valence-corrected chi connectivity index (χ1v) is 8.39. The summed E-state index contributed by atoms with van der Waals surface area (Å²) in [7, 11) is 0. The normalized spacial score (nSPS) is 14.0. The quantitative estimate of drug-likeness (QED) is 0.826. The van der Waals surface area contributed by atoms with E-state index >= 15 is 0 Å². The van der Waals surface area contributed by atoms with E-state index in [0.717, 1.165) is 11.3 Å². The highest BCUT2D eigenvalue weighted by Crippen LogP contribution is 2.36. The highest BCUT2D eigenvalue weighted by Gasteiger charge is 2.26. The molecule has 2 amide bonds. The molecule has 0 aliphatic carbocycles. The number of nitrogens with one attached hydrogen (secondary N) is 2. The number of carbonyl (C=O) groups is 2. The molecule has 26 heavy (non-hydrogen) atoms. The first-order chi connectivity index (χ1) is 12.4. The summed E-state index contributed by atoms with van der Waals surface area (Å²) in [5.74, 6) is 0.917. The van der Waals surface area contributed by atoms with Gasteiger partial charge in [0.05, 0.1) is 6.26 Å². The predicted octanol–water partition coefficient (Wildman–Crippen LogP) is 2.22. The van der Waals surface area contributed by atoms with Gasteiger partial charge in [0, 0.05) is 12.0 Å². The third kappa shape index (κ3) is 3.82. The summed E-state index contributed by atoms with van der Waals surface area (Å²) >= 11 is 0. The average molecular weight is 358 g/mol. The lowest BCUT2D eigenvalue weighted by Crippen LogP contribution is -2.47. The Morgan fingerprint density at radius 3 is 2.69 bits per heavy atom. The molecule has 1 aromatic heterocycles. The lowest BCUT2D eigenvalue weighted by molar-refractivity contribution is -0.122. The minimum Gasteiger partial charge on any atom is -0.459 e. The summed E-state index contributed by atoms with van der Waals surface area (Å²) in [5.41, 5.74) is 0.704. The van der Waals surface area contributed by atoms with E-state index < -0.39 is 11.9 Å². The predicted molar refractivity (Wildman–Crippen MR) is 94.2 cm³/mol. The van der Waals surface area contributed by atoms with Gasteiger partial charge < -0.3 is 24.5 Å². The molecule has 0 fully saturated rings. The minimum absolute atomic E-state index is 0.172. The van der Waals surface area contributed by atoms with E-state index in [4.69, 9.17) is 13.9 Å². The fraction of sp³-hybridized carbons (Fsp3) is 0.368. The first-order valence-electron chi connectivity index (χ1n) is 8.39. The molecular formula is C19H22N2O5. The van der Waals surface area contributed by atoms with Crippen LogP contribution in [0.4, 0.5) is 0 Å². The molecule has 0 saturated carbocycles. The van der Waals surface area contributed by atoms with Crippen molar-refractivity contribution in [2.75, 3.05) is 13.3 Å². The monoisotopic (exact) mass is 358 g/mol. The maximum Gasteiger partial charge on any atom is 0.287 e. The van der Waals surface area contributed by atoms with Crippen LogP contribution in [0.5, 0.6) is 11.5 Å². The first kappa shape index (κ1) is 17.8. The Hall–Kier alpha value is -2.96. The summed E-state index contributed by atoms with van der Waals surface area (Å²) in [6, 6.07) is 8.24. The van der Waals surface area contributed by atoms with Crippen LogP contribution in [0.25, 0.3) is 0 Å². The lowest BCUT2D eigenvalue weighted by Gasteiger charge is -2.26. The molecule has 0 radical (unpaired) electrons. The van der Waals surface area contributed by atoms with Crippen LogP contribution in [-0.2, 0) is 10.2 Å². The number of furan rings is 1. The molecule has 0 unspecified atom stereocenters. The number of hydrogen-bond acceptors (Lipinski definition) is 5. The van der Waals surface area contributed by atoms with Crippen molar-refractivity contribution in [3.05, 3.63) is 47.9 Å². The molecule has 0 bridgehead atoms. The van der Waals surface area contributed by atoms with E-state index in [2.05, 4.69) is 10.6 Å². The van der Waals surface area contributed by atoms with Crippen LogP contribution in [0.1, 0.15) is 36.9 Å². The molecule has 7 nitrogen and oxygen atoms in total. The molecule has 1 aromatic carbocycles. The number of ether oxygens (including phenoxy) is 2. The summed E-state index contributed by atoms with van der Waals surface area (Å²) < 4.78 is 15.8. The summed E-state index contributed by atoms with van der Waals surface area (Å²) in [6.45, 7) is 6.31. The molecule has 138 valence electrons. The second kappa shape index (κ2) is 7.11. The summed E-state index contributed by atoms with van der Waals surface area (Å²) in [6.07, 6.45) is 1.41. The lowest BCUT2D eigenvalue weighted by atomic mass is 9.84. The molecule has 3 rings (SSSR count). The molecule has 0 spiro atoms. The Balaban J connectivity index is 1.56. The fourth-order valence-corrected chi connectivity index (χ4v) is 2.62. The molecule has 1 atom stereocenters. The number of fused-ring (bicyclic) bond motifs is 1. The van der Waals surface area contributed by atoms with Crippen LogP contribution in [0.3, 0.4) is 0 Å². The van der Waals surface area contributed by atoms with Crippen molar-refractivity contribution in [2.45, 2.75) is 32.2 Å². The zero-order chi connectivity index (χ0) is 18.7. The Kier molecular flexibility index (Phi) is 4.88. The van der Waals surface area contributed by atoms with Crippen LogP contribution < -0.4 is 20.1 Å².